The Balaban J connectivity index is 5.15. The highest BCUT2D eigenvalue weighted by atomic mass is 32.1. The summed E-state index contributed by atoms with van der Waals surface area (Å²) in [5.41, 5.74) is 11.1. The van der Waals surface area contributed by atoms with E-state index >= 15 is 0 Å². The molecular weight excluding hydrogens is 434 g/mol. The van der Waals surface area contributed by atoms with Crippen LogP contribution in [0.25, 0.3) is 0 Å². The minimum absolute atomic E-state index is 0.139. The largest absolute Gasteiger partial charge is 0.481 e. The second-order valence-corrected chi connectivity index (χ2v) is 7.08. The molecule has 0 saturated carbocycles. The van der Waals surface area contributed by atoms with Crippen molar-refractivity contribution < 1.29 is 39.3 Å². The number of carboxylic acid groups (broad SMARTS) is 2. The van der Waals surface area contributed by atoms with E-state index in [4.69, 9.17) is 21.7 Å². The number of carbonyl (C=O) groups excluding carboxylic acids is 3. The van der Waals surface area contributed by atoms with Crippen LogP contribution in [0.3, 0.4) is 0 Å². The van der Waals surface area contributed by atoms with Crippen molar-refractivity contribution in [2.24, 2.45) is 11.5 Å². The lowest BCUT2D eigenvalue weighted by Gasteiger charge is -2.24. The van der Waals surface area contributed by atoms with E-state index in [1.54, 1.807) is 0 Å². The van der Waals surface area contributed by atoms with Crippen molar-refractivity contribution in [2.45, 2.75) is 56.3 Å². The van der Waals surface area contributed by atoms with Gasteiger partial charge in [0.1, 0.15) is 18.1 Å². The van der Waals surface area contributed by atoms with E-state index in [0.29, 0.717) is 19.4 Å². The lowest BCUT2D eigenvalue weighted by atomic mass is 10.1. The van der Waals surface area contributed by atoms with Crippen molar-refractivity contribution in [3.8, 4) is 0 Å². The number of nitrogens with two attached hydrogens (primary N) is 2. The van der Waals surface area contributed by atoms with Crippen molar-refractivity contribution in [3.63, 3.8) is 0 Å². The highest BCUT2D eigenvalue weighted by Gasteiger charge is 2.29. The SMILES string of the molecule is NCCCCC(NC(=O)C(N)CCC(=O)O)C(=O)NC(CO)C(=O)NC(CS)C(=O)O. The van der Waals surface area contributed by atoms with Crippen LogP contribution < -0.4 is 27.4 Å². The molecule has 3 amide bonds. The first-order chi connectivity index (χ1) is 14.6. The average Bonchev–Trinajstić information content (AvgIpc) is 2.72. The van der Waals surface area contributed by atoms with Crippen molar-refractivity contribution in [1.82, 2.24) is 16.0 Å². The maximum absolute atomic E-state index is 12.6. The Morgan fingerprint density at radius 2 is 1.39 bits per heavy atom. The van der Waals surface area contributed by atoms with E-state index < -0.39 is 60.4 Å². The van der Waals surface area contributed by atoms with Gasteiger partial charge in [0, 0.05) is 12.2 Å². The molecule has 0 bridgehead atoms. The molecule has 0 aromatic heterocycles. The fraction of sp³-hybridized carbons (Fsp3) is 0.706. The first-order valence-corrected chi connectivity index (χ1v) is 10.2. The predicted octanol–water partition coefficient (Wildman–Crippen LogP) is -3.23. The van der Waals surface area contributed by atoms with Gasteiger partial charge in [-0.15, -0.1) is 0 Å². The van der Waals surface area contributed by atoms with Gasteiger partial charge in [-0.1, -0.05) is 0 Å². The van der Waals surface area contributed by atoms with Crippen LogP contribution in [0.5, 0.6) is 0 Å². The van der Waals surface area contributed by atoms with Crippen LogP contribution >= 0.6 is 12.6 Å². The Labute approximate surface area is 184 Å². The molecule has 0 aromatic rings. The Morgan fingerprint density at radius 3 is 1.87 bits per heavy atom. The number of rotatable bonds is 16. The Morgan fingerprint density at radius 1 is 0.839 bits per heavy atom. The lowest BCUT2D eigenvalue weighted by Crippen LogP contribution is -2.58. The van der Waals surface area contributed by atoms with Gasteiger partial charge in [0.05, 0.1) is 12.6 Å². The number of carboxylic acids is 2. The molecule has 0 heterocycles. The molecule has 0 spiro atoms. The summed E-state index contributed by atoms with van der Waals surface area (Å²) in [6.45, 7) is -0.472. The van der Waals surface area contributed by atoms with Crippen molar-refractivity contribution >= 4 is 42.3 Å². The number of nitrogens with one attached hydrogen (secondary N) is 3. The van der Waals surface area contributed by atoms with E-state index in [1.807, 2.05) is 0 Å². The predicted molar refractivity (Wildman–Crippen MR) is 112 cm³/mol. The molecule has 31 heavy (non-hydrogen) atoms. The van der Waals surface area contributed by atoms with Crippen molar-refractivity contribution in [1.29, 1.82) is 0 Å². The van der Waals surface area contributed by atoms with Gasteiger partial charge in [-0.05, 0) is 32.2 Å². The third kappa shape index (κ3) is 11.5. The molecular formula is C17H31N5O8S. The van der Waals surface area contributed by atoms with Crippen LogP contribution in [0.2, 0.25) is 0 Å². The molecule has 14 heteroatoms. The Bertz CT molecular complexity index is 636. The van der Waals surface area contributed by atoms with Gasteiger partial charge in [0.15, 0.2) is 0 Å². The molecule has 0 radical (unpaired) electrons. The lowest BCUT2D eigenvalue weighted by molar-refractivity contribution is -0.142. The molecule has 10 N–H and O–H groups in total. The van der Waals surface area contributed by atoms with Crippen LogP contribution in [0.4, 0.5) is 0 Å². The molecule has 4 unspecified atom stereocenters. The number of aliphatic carboxylic acids is 2. The second-order valence-electron chi connectivity index (χ2n) is 6.71. The zero-order valence-corrected chi connectivity index (χ0v) is 17.8. The Kier molecular flexibility index (Phi) is 14.2. The van der Waals surface area contributed by atoms with Gasteiger partial charge in [0.2, 0.25) is 17.7 Å². The summed E-state index contributed by atoms with van der Waals surface area (Å²) in [6, 6.07) is -5.08. The van der Waals surface area contributed by atoms with Crippen molar-refractivity contribution in [2.75, 3.05) is 18.9 Å². The molecule has 0 saturated heterocycles. The average molecular weight is 466 g/mol. The molecule has 0 fully saturated rings. The van der Waals surface area contributed by atoms with Gasteiger partial charge < -0.3 is 42.7 Å². The highest BCUT2D eigenvalue weighted by molar-refractivity contribution is 7.80. The van der Waals surface area contributed by atoms with Gasteiger partial charge in [-0.3, -0.25) is 19.2 Å². The van der Waals surface area contributed by atoms with Crippen LogP contribution in [0, 0.1) is 0 Å². The quantitative estimate of drug-likeness (QED) is 0.0816. The first kappa shape index (κ1) is 28.6. The molecule has 13 nitrogen and oxygen atoms in total. The summed E-state index contributed by atoms with van der Waals surface area (Å²) in [6.07, 6.45) is 0.683. The van der Waals surface area contributed by atoms with E-state index in [9.17, 15) is 29.1 Å². The molecule has 0 rings (SSSR count). The molecule has 0 aliphatic heterocycles. The molecule has 0 aliphatic rings. The van der Waals surface area contributed by atoms with Gasteiger partial charge >= 0.3 is 11.9 Å². The fourth-order valence-electron chi connectivity index (χ4n) is 2.37. The van der Waals surface area contributed by atoms with Crippen molar-refractivity contribution in [3.05, 3.63) is 0 Å². The summed E-state index contributed by atoms with van der Waals surface area (Å²) in [4.78, 5) is 58.6. The number of hydrogen-bond acceptors (Lipinski definition) is 9. The second kappa shape index (κ2) is 15.4. The normalized spacial score (nSPS) is 14.6. The van der Waals surface area contributed by atoms with Crippen LogP contribution in [0.15, 0.2) is 0 Å². The van der Waals surface area contributed by atoms with Crippen LogP contribution in [0.1, 0.15) is 32.1 Å². The number of aliphatic hydroxyl groups excluding tert-OH is 1. The molecule has 4 atom stereocenters. The zero-order valence-electron chi connectivity index (χ0n) is 17.0. The van der Waals surface area contributed by atoms with E-state index in [-0.39, 0.29) is 25.0 Å². The number of aliphatic hydroxyl groups is 1. The van der Waals surface area contributed by atoms with Crippen LogP contribution in [-0.2, 0) is 24.0 Å². The minimum atomic E-state index is -1.47. The topological polar surface area (TPSA) is 234 Å². The number of carbonyl (C=O) groups is 5. The van der Waals surface area contributed by atoms with Gasteiger partial charge in [-0.25, -0.2) is 4.79 Å². The number of unbranched alkanes of at least 4 members (excludes halogenated alkanes) is 1. The molecule has 0 aromatic carbocycles. The van der Waals surface area contributed by atoms with Gasteiger partial charge in [-0.2, -0.15) is 12.6 Å². The summed E-state index contributed by atoms with van der Waals surface area (Å²) in [5.74, 6) is -5.17. The first-order valence-electron chi connectivity index (χ1n) is 9.60. The maximum Gasteiger partial charge on any atom is 0.327 e. The third-order valence-electron chi connectivity index (χ3n) is 4.20. The number of thiol groups is 1. The minimum Gasteiger partial charge on any atom is -0.481 e. The van der Waals surface area contributed by atoms with E-state index in [1.165, 1.54) is 0 Å². The zero-order chi connectivity index (χ0) is 24.0. The summed E-state index contributed by atoms with van der Waals surface area (Å²) in [7, 11) is 0. The van der Waals surface area contributed by atoms with Crippen LogP contribution in [-0.4, -0.2) is 88.1 Å². The maximum atomic E-state index is 12.6. The number of hydrogen-bond donors (Lipinski definition) is 9. The summed E-state index contributed by atoms with van der Waals surface area (Å²) >= 11 is 3.81. The summed E-state index contributed by atoms with van der Waals surface area (Å²) in [5, 5.41) is 33.9. The molecule has 0 aliphatic carbocycles. The van der Waals surface area contributed by atoms with E-state index in [0.717, 1.165) is 0 Å². The number of amides is 3. The standard InChI is InChI=1S/C17H31N5O8S/c18-6-2-1-3-10(20-14(26)9(19)4-5-13(24)25)15(27)21-11(7-23)16(28)22-12(8-31)17(29)30/h9-12,23,31H,1-8,18-19H2,(H,20,26)(H,21,27)(H,22,28)(H,24,25)(H,29,30). The Hall–Kier alpha value is -2.42. The fourth-order valence-corrected chi connectivity index (χ4v) is 2.62. The third-order valence-corrected chi connectivity index (χ3v) is 4.56. The van der Waals surface area contributed by atoms with E-state index in [2.05, 4.69) is 28.6 Å². The smallest absolute Gasteiger partial charge is 0.327 e. The monoisotopic (exact) mass is 465 g/mol. The van der Waals surface area contributed by atoms with Gasteiger partial charge in [0.25, 0.3) is 0 Å². The highest BCUT2D eigenvalue weighted by Crippen LogP contribution is 2.04. The molecule has 178 valence electrons. The summed E-state index contributed by atoms with van der Waals surface area (Å²) < 4.78 is 0.